The normalized spacial score (nSPS) is 12.4. The summed E-state index contributed by atoms with van der Waals surface area (Å²) >= 11 is 7.93. The largest absolute Gasteiger partial charge is 0.367 e. The highest BCUT2D eigenvalue weighted by molar-refractivity contribution is 7.09. The number of thiophene rings is 1. The molecule has 0 fully saturated rings. The van der Waals surface area contributed by atoms with Gasteiger partial charge >= 0.3 is 0 Å². The monoisotopic (exact) mass is 295 g/mol. The van der Waals surface area contributed by atoms with Crippen LogP contribution in [-0.4, -0.2) is 16.0 Å². The first-order valence-electron chi connectivity index (χ1n) is 6.49. The fraction of sp³-hybridized carbons (Fsp3) is 0.429. The zero-order valence-electron chi connectivity index (χ0n) is 11.2. The maximum atomic E-state index is 6.15. The number of nitrogens with zero attached hydrogens (tertiary/aromatic N) is 2. The van der Waals surface area contributed by atoms with Crippen LogP contribution in [0.5, 0.6) is 0 Å². The minimum absolute atomic E-state index is 0.320. The Labute approximate surface area is 123 Å². The lowest BCUT2D eigenvalue weighted by Gasteiger charge is -2.16. The molecule has 2 heterocycles. The summed E-state index contributed by atoms with van der Waals surface area (Å²) in [5, 5.41) is 6.11. The van der Waals surface area contributed by atoms with Crippen molar-refractivity contribution in [2.45, 2.75) is 39.2 Å². The number of aromatic nitrogens is 2. The highest BCUT2D eigenvalue weighted by atomic mass is 35.5. The van der Waals surface area contributed by atoms with Crippen LogP contribution in [0.1, 0.15) is 30.7 Å². The molecule has 0 spiro atoms. The Kier molecular flexibility index (Phi) is 5.16. The van der Waals surface area contributed by atoms with E-state index in [-0.39, 0.29) is 0 Å². The lowest BCUT2D eigenvalue weighted by atomic mass is 10.1. The molecular weight excluding hydrogens is 278 g/mol. The molecule has 0 aliphatic carbocycles. The Bertz CT molecular complexity index is 513. The van der Waals surface area contributed by atoms with E-state index in [4.69, 9.17) is 11.6 Å². The van der Waals surface area contributed by atoms with Gasteiger partial charge in [0.25, 0.3) is 0 Å². The maximum Gasteiger partial charge on any atom is 0.137 e. The minimum atomic E-state index is 0.320. The summed E-state index contributed by atoms with van der Waals surface area (Å²) in [5.41, 5.74) is 1.02. The Morgan fingerprint density at radius 2 is 2.26 bits per heavy atom. The van der Waals surface area contributed by atoms with Gasteiger partial charge in [-0.2, -0.15) is 0 Å². The summed E-state index contributed by atoms with van der Waals surface area (Å²) in [6.45, 7) is 4.29. The van der Waals surface area contributed by atoms with E-state index in [1.165, 1.54) is 11.2 Å². The van der Waals surface area contributed by atoms with Crippen LogP contribution in [0, 0.1) is 0 Å². The Hall–Kier alpha value is -1.13. The van der Waals surface area contributed by atoms with E-state index in [1.54, 1.807) is 11.3 Å². The zero-order valence-corrected chi connectivity index (χ0v) is 12.8. The highest BCUT2D eigenvalue weighted by Gasteiger charge is 2.12. The van der Waals surface area contributed by atoms with Crippen LogP contribution >= 0.6 is 22.9 Å². The van der Waals surface area contributed by atoms with E-state index >= 15 is 0 Å². The SMILES string of the molecule is CCCc1c(Cl)ncnc1NC(C)Cc1cccs1. The first-order chi connectivity index (χ1) is 9.20. The zero-order chi connectivity index (χ0) is 13.7. The summed E-state index contributed by atoms with van der Waals surface area (Å²) < 4.78 is 0. The van der Waals surface area contributed by atoms with Gasteiger partial charge in [-0.15, -0.1) is 11.3 Å². The van der Waals surface area contributed by atoms with Gasteiger partial charge in [0.05, 0.1) is 0 Å². The number of nitrogens with one attached hydrogen (secondary N) is 1. The van der Waals surface area contributed by atoms with Gasteiger partial charge in [0.15, 0.2) is 0 Å². The van der Waals surface area contributed by atoms with Crippen molar-refractivity contribution in [2.24, 2.45) is 0 Å². The second kappa shape index (κ2) is 6.87. The third kappa shape index (κ3) is 3.91. The molecule has 0 saturated heterocycles. The number of halogens is 1. The van der Waals surface area contributed by atoms with E-state index in [1.807, 2.05) is 0 Å². The van der Waals surface area contributed by atoms with Crippen LogP contribution < -0.4 is 5.32 Å². The maximum absolute atomic E-state index is 6.15. The molecule has 102 valence electrons. The second-order valence-corrected chi connectivity index (χ2v) is 5.96. The molecule has 2 aromatic rings. The Morgan fingerprint density at radius 3 is 2.95 bits per heavy atom. The fourth-order valence-electron chi connectivity index (χ4n) is 2.00. The molecule has 0 aliphatic rings. The highest BCUT2D eigenvalue weighted by Crippen LogP contribution is 2.23. The molecule has 0 aromatic carbocycles. The molecule has 0 aliphatic heterocycles. The van der Waals surface area contributed by atoms with Crippen molar-refractivity contribution in [2.75, 3.05) is 5.32 Å². The standard InChI is InChI=1S/C14H18ClN3S/c1-3-5-12-13(15)16-9-17-14(12)18-10(2)8-11-6-4-7-19-11/h4,6-7,9-10H,3,5,8H2,1-2H3,(H,16,17,18). The molecule has 0 bridgehead atoms. The molecule has 3 nitrogen and oxygen atoms in total. The molecular formula is C14H18ClN3S. The summed E-state index contributed by atoms with van der Waals surface area (Å²) in [4.78, 5) is 9.75. The Balaban J connectivity index is 2.07. The second-order valence-electron chi connectivity index (χ2n) is 4.57. The summed E-state index contributed by atoms with van der Waals surface area (Å²) in [6.07, 6.45) is 4.43. The molecule has 1 N–H and O–H groups in total. The first kappa shape index (κ1) is 14.3. The average molecular weight is 296 g/mol. The number of rotatable bonds is 6. The number of anilines is 1. The number of hydrogen-bond donors (Lipinski definition) is 1. The van der Waals surface area contributed by atoms with Gasteiger partial charge in [-0.1, -0.05) is 31.0 Å². The molecule has 1 unspecified atom stereocenters. The first-order valence-corrected chi connectivity index (χ1v) is 7.74. The number of hydrogen-bond acceptors (Lipinski definition) is 4. The minimum Gasteiger partial charge on any atom is -0.367 e. The van der Waals surface area contributed by atoms with Crippen LogP contribution in [0.4, 0.5) is 5.82 Å². The van der Waals surface area contributed by atoms with E-state index in [2.05, 4.69) is 46.6 Å². The molecule has 19 heavy (non-hydrogen) atoms. The molecule has 1 atom stereocenters. The van der Waals surface area contributed by atoms with E-state index in [9.17, 15) is 0 Å². The fourth-order valence-corrected chi connectivity index (χ4v) is 3.06. The van der Waals surface area contributed by atoms with Crippen molar-refractivity contribution in [3.05, 3.63) is 39.4 Å². The lowest BCUT2D eigenvalue weighted by Crippen LogP contribution is -2.19. The van der Waals surface area contributed by atoms with Crippen LogP contribution in [0.2, 0.25) is 5.15 Å². The summed E-state index contributed by atoms with van der Waals surface area (Å²) in [6, 6.07) is 4.56. The van der Waals surface area contributed by atoms with Crippen molar-refractivity contribution in [1.29, 1.82) is 0 Å². The Morgan fingerprint density at radius 1 is 1.42 bits per heavy atom. The quantitative estimate of drug-likeness (QED) is 0.812. The van der Waals surface area contributed by atoms with Crippen molar-refractivity contribution >= 4 is 28.8 Å². The van der Waals surface area contributed by atoms with Crippen molar-refractivity contribution in [3.63, 3.8) is 0 Å². The van der Waals surface area contributed by atoms with Crippen molar-refractivity contribution < 1.29 is 0 Å². The van der Waals surface area contributed by atoms with Crippen LogP contribution in [0.25, 0.3) is 0 Å². The van der Waals surface area contributed by atoms with Gasteiger partial charge in [0.2, 0.25) is 0 Å². The van der Waals surface area contributed by atoms with E-state index in [0.29, 0.717) is 11.2 Å². The topological polar surface area (TPSA) is 37.8 Å². The van der Waals surface area contributed by atoms with E-state index < -0.39 is 0 Å². The van der Waals surface area contributed by atoms with Crippen LogP contribution in [-0.2, 0) is 12.8 Å². The summed E-state index contributed by atoms with van der Waals surface area (Å²) in [5.74, 6) is 0.867. The lowest BCUT2D eigenvalue weighted by molar-refractivity contribution is 0.785. The van der Waals surface area contributed by atoms with Gasteiger partial charge in [0, 0.05) is 22.9 Å². The van der Waals surface area contributed by atoms with Crippen LogP contribution in [0.3, 0.4) is 0 Å². The van der Waals surface area contributed by atoms with Gasteiger partial charge in [-0.25, -0.2) is 9.97 Å². The van der Waals surface area contributed by atoms with Gasteiger partial charge < -0.3 is 5.32 Å². The smallest absolute Gasteiger partial charge is 0.137 e. The van der Waals surface area contributed by atoms with Gasteiger partial charge in [-0.05, 0) is 24.8 Å². The predicted molar refractivity (Wildman–Crippen MR) is 82.1 cm³/mol. The molecule has 2 rings (SSSR count). The third-order valence-electron chi connectivity index (χ3n) is 2.86. The molecule has 0 saturated carbocycles. The van der Waals surface area contributed by atoms with Crippen LogP contribution in [0.15, 0.2) is 23.8 Å². The molecule has 0 amide bonds. The molecule has 2 aromatic heterocycles. The summed E-state index contributed by atoms with van der Waals surface area (Å²) in [7, 11) is 0. The van der Waals surface area contributed by atoms with Crippen molar-refractivity contribution in [1.82, 2.24) is 9.97 Å². The predicted octanol–water partition coefficient (Wildman–Crippen LogP) is 4.19. The average Bonchev–Trinajstić information content (AvgIpc) is 2.86. The molecule has 0 radical (unpaired) electrons. The van der Waals surface area contributed by atoms with E-state index in [0.717, 1.165) is 30.6 Å². The third-order valence-corrected chi connectivity index (χ3v) is 4.09. The molecule has 5 heteroatoms. The van der Waals surface area contributed by atoms with Gasteiger partial charge in [-0.3, -0.25) is 0 Å². The van der Waals surface area contributed by atoms with Crippen molar-refractivity contribution in [3.8, 4) is 0 Å². The van der Waals surface area contributed by atoms with Gasteiger partial charge in [0.1, 0.15) is 17.3 Å².